The van der Waals surface area contributed by atoms with Gasteiger partial charge in [0.25, 0.3) is 5.56 Å². The van der Waals surface area contributed by atoms with Gasteiger partial charge < -0.3 is 9.88 Å². The Morgan fingerprint density at radius 2 is 1.95 bits per heavy atom. The van der Waals surface area contributed by atoms with Crippen LogP contribution in [0.25, 0.3) is 0 Å². The molecule has 7 nitrogen and oxygen atoms in total. The summed E-state index contributed by atoms with van der Waals surface area (Å²) in [6, 6.07) is 5.64. The van der Waals surface area contributed by atoms with Gasteiger partial charge in [-0.15, -0.1) is 0 Å². The van der Waals surface area contributed by atoms with E-state index in [1.807, 2.05) is 10.6 Å². The monoisotopic (exact) mass is 288 g/mol. The minimum absolute atomic E-state index is 0.166. The molecule has 106 valence electrons. The predicted octanol–water partition coefficient (Wildman–Crippen LogP) is -0.0978. The lowest BCUT2D eigenvalue weighted by molar-refractivity contribution is 0.257. The zero-order chi connectivity index (χ0) is 14.0. The smallest absolute Gasteiger partial charge is 0.316 e. The van der Waals surface area contributed by atoms with E-state index in [1.165, 1.54) is 12.1 Å². The van der Waals surface area contributed by atoms with Crippen LogP contribution in [0.1, 0.15) is 18.0 Å². The Kier molecular flexibility index (Phi) is 4.04. The second-order valence-corrected chi connectivity index (χ2v) is 5.70. The second-order valence-electron chi connectivity index (χ2n) is 4.80. The Bertz CT molecular complexity index is 602. The molecule has 19 heavy (non-hydrogen) atoms. The van der Waals surface area contributed by atoms with Gasteiger partial charge in [0.15, 0.2) is 0 Å². The van der Waals surface area contributed by atoms with E-state index < -0.39 is 10.4 Å². The van der Waals surface area contributed by atoms with Crippen LogP contribution in [0.15, 0.2) is 23.0 Å². The molecule has 8 heteroatoms. The van der Waals surface area contributed by atoms with E-state index in [0.29, 0.717) is 11.8 Å². The van der Waals surface area contributed by atoms with Crippen LogP contribution >= 0.6 is 0 Å². The highest BCUT2D eigenvalue weighted by Crippen LogP contribution is 2.31. The Hall–Kier alpha value is -1.22. The van der Waals surface area contributed by atoms with E-state index in [0.717, 1.165) is 19.6 Å². The molecular weight excluding hydrogens is 272 g/mol. The zero-order valence-corrected chi connectivity index (χ0v) is 11.0. The van der Waals surface area contributed by atoms with Crippen LogP contribution in [0.4, 0.5) is 0 Å². The van der Waals surface area contributed by atoms with Gasteiger partial charge in [-0.3, -0.25) is 13.9 Å². The summed E-state index contributed by atoms with van der Waals surface area (Å²) >= 11 is 0. The minimum Gasteiger partial charge on any atom is -0.316 e. The van der Waals surface area contributed by atoms with E-state index in [-0.39, 0.29) is 5.56 Å². The number of nitrogens with zero attached hydrogens (tertiary/aromatic N) is 1. The van der Waals surface area contributed by atoms with Crippen LogP contribution in [0.2, 0.25) is 0 Å². The van der Waals surface area contributed by atoms with Crippen molar-refractivity contribution in [2.45, 2.75) is 18.9 Å². The Morgan fingerprint density at radius 3 is 2.63 bits per heavy atom. The normalized spacial score (nSPS) is 24.9. The number of fused-ring (bicyclic) bond motifs is 4. The summed E-state index contributed by atoms with van der Waals surface area (Å²) < 4.78 is 33.5. The molecule has 2 aliphatic heterocycles. The maximum atomic E-state index is 11.6. The van der Waals surface area contributed by atoms with Gasteiger partial charge in [0.1, 0.15) is 0 Å². The molecule has 2 bridgehead atoms. The fourth-order valence-electron chi connectivity index (χ4n) is 2.74. The molecular formula is C11H16N2O5S. The summed E-state index contributed by atoms with van der Waals surface area (Å²) in [6.45, 7) is 3.00. The third-order valence-electron chi connectivity index (χ3n) is 3.38. The lowest BCUT2D eigenvalue weighted by atomic mass is 9.84. The average molecular weight is 288 g/mol. The van der Waals surface area contributed by atoms with Crippen molar-refractivity contribution in [1.82, 2.24) is 9.88 Å². The number of piperidine rings is 1. The summed E-state index contributed by atoms with van der Waals surface area (Å²) in [5.74, 6) is 1.21. The molecule has 1 fully saturated rings. The Balaban J connectivity index is 0.000000232. The van der Waals surface area contributed by atoms with Gasteiger partial charge in [0, 0.05) is 30.8 Å². The predicted molar refractivity (Wildman–Crippen MR) is 68.6 cm³/mol. The highest BCUT2D eigenvalue weighted by molar-refractivity contribution is 7.79. The van der Waals surface area contributed by atoms with Crippen LogP contribution in [-0.2, 0) is 16.9 Å². The summed E-state index contributed by atoms with van der Waals surface area (Å²) in [4.78, 5) is 11.6. The van der Waals surface area contributed by atoms with Crippen molar-refractivity contribution < 1.29 is 17.5 Å². The highest BCUT2D eigenvalue weighted by Gasteiger charge is 2.30. The van der Waals surface area contributed by atoms with E-state index in [1.54, 1.807) is 6.07 Å². The first-order chi connectivity index (χ1) is 8.84. The highest BCUT2D eigenvalue weighted by atomic mass is 32.3. The van der Waals surface area contributed by atoms with Crippen molar-refractivity contribution >= 4 is 10.4 Å². The van der Waals surface area contributed by atoms with E-state index >= 15 is 0 Å². The molecule has 2 aliphatic rings. The van der Waals surface area contributed by atoms with Crippen LogP contribution in [0, 0.1) is 5.92 Å². The molecule has 3 N–H and O–H groups in total. The zero-order valence-electron chi connectivity index (χ0n) is 10.2. The molecule has 2 unspecified atom stereocenters. The summed E-state index contributed by atoms with van der Waals surface area (Å²) in [6.07, 6.45) is 1.25. The van der Waals surface area contributed by atoms with Crippen LogP contribution in [0.5, 0.6) is 0 Å². The first kappa shape index (κ1) is 14.2. The fourth-order valence-corrected chi connectivity index (χ4v) is 2.74. The maximum Gasteiger partial charge on any atom is 0.394 e. The van der Waals surface area contributed by atoms with Crippen LogP contribution < -0.4 is 10.9 Å². The van der Waals surface area contributed by atoms with Crippen molar-refractivity contribution in [3.05, 3.63) is 34.2 Å². The number of nitrogens with one attached hydrogen (secondary N) is 1. The van der Waals surface area contributed by atoms with Gasteiger partial charge in [0.2, 0.25) is 0 Å². The van der Waals surface area contributed by atoms with E-state index in [2.05, 4.69) is 11.4 Å². The SMILES string of the molecule is O=S(=O)(O)O.O=c1cccc2n1CC1CNCC2C1. The van der Waals surface area contributed by atoms with Crippen molar-refractivity contribution in [1.29, 1.82) is 0 Å². The van der Waals surface area contributed by atoms with Crippen LogP contribution in [-0.4, -0.2) is 35.2 Å². The average Bonchev–Trinajstić information content (AvgIpc) is 2.29. The first-order valence-corrected chi connectivity index (χ1v) is 7.34. The Morgan fingerprint density at radius 1 is 1.26 bits per heavy atom. The lowest BCUT2D eigenvalue weighted by Crippen LogP contribution is -2.44. The molecule has 0 aliphatic carbocycles. The standard InChI is InChI=1S/C11H14N2O.H2O4S/c14-11-3-1-2-10-9-4-8(5-12-6-9)7-13(10)11;1-5(2,3)4/h1-3,8-9,12H,4-7H2;(H2,1,2,3,4). The van der Waals surface area contributed by atoms with Gasteiger partial charge in [0.05, 0.1) is 0 Å². The molecule has 2 atom stereocenters. The molecule has 1 saturated heterocycles. The topological polar surface area (TPSA) is 109 Å². The molecule has 0 saturated carbocycles. The lowest BCUT2D eigenvalue weighted by Gasteiger charge is -2.37. The van der Waals surface area contributed by atoms with Gasteiger partial charge in [-0.2, -0.15) is 8.42 Å². The van der Waals surface area contributed by atoms with Crippen molar-refractivity contribution in [2.24, 2.45) is 5.92 Å². The Labute approximate surface area is 110 Å². The van der Waals surface area contributed by atoms with Gasteiger partial charge in [-0.05, 0) is 24.9 Å². The number of hydrogen-bond donors (Lipinski definition) is 3. The fraction of sp³-hybridized carbons (Fsp3) is 0.545. The van der Waals surface area contributed by atoms with E-state index in [4.69, 9.17) is 17.5 Å². The molecule has 3 heterocycles. The van der Waals surface area contributed by atoms with Gasteiger partial charge in [-0.25, -0.2) is 0 Å². The van der Waals surface area contributed by atoms with E-state index in [9.17, 15) is 4.79 Å². The first-order valence-electron chi connectivity index (χ1n) is 5.95. The molecule has 0 spiro atoms. The summed E-state index contributed by atoms with van der Waals surface area (Å²) in [5.41, 5.74) is 1.39. The third kappa shape index (κ3) is 3.87. The second kappa shape index (κ2) is 5.41. The van der Waals surface area contributed by atoms with Crippen molar-refractivity contribution in [3.8, 4) is 0 Å². The third-order valence-corrected chi connectivity index (χ3v) is 3.38. The maximum absolute atomic E-state index is 11.6. The number of pyridine rings is 1. The number of hydrogen-bond acceptors (Lipinski definition) is 4. The molecule has 0 amide bonds. The number of aromatic nitrogens is 1. The molecule has 0 radical (unpaired) electrons. The minimum atomic E-state index is -4.67. The molecule has 1 aromatic rings. The van der Waals surface area contributed by atoms with Crippen molar-refractivity contribution in [2.75, 3.05) is 13.1 Å². The molecule has 0 aromatic carbocycles. The van der Waals surface area contributed by atoms with Gasteiger partial charge >= 0.3 is 10.4 Å². The molecule has 1 aromatic heterocycles. The van der Waals surface area contributed by atoms with Gasteiger partial charge in [-0.1, -0.05) is 6.07 Å². The number of rotatable bonds is 0. The quantitative estimate of drug-likeness (QED) is 0.575. The molecule has 3 rings (SSSR count). The summed E-state index contributed by atoms with van der Waals surface area (Å²) in [7, 11) is -4.67. The summed E-state index contributed by atoms with van der Waals surface area (Å²) in [5, 5.41) is 3.43. The van der Waals surface area contributed by atoms with Crippen LogP contribution in [0.3, 0.4) is 0 Å². The van der Waals surface area contributed by atoms with Crippen molar-refractivity contribution in [3.63, 3.8) is 0 Å². The largest absolute Gasteiger partial charge is 0.394 e.